The molecule has 4 aromatic rings. The van der Waals surface area contributed by atoms with Crippen molar-refractivity contribution in [2.75, 3.05) is 12.0 Å². The molecule has 0 saturated heterocycles. The van der Waals surface area contributed by atoms with Gasteiger partial charge in [0.25, 0.3) is 0 Å². The van der Waals surface area contributed by atoms with Gasteiger partial charge in [-0.2, -0.15) is 5.10 Å². The first kappa shape index (κ1) is 24.3. The van der Waals surface area contributed by atoms with Crippen LogP contribution in [0.3, 0.4) is 0 Å². The molecule has 4 rings (SSSR count). The molecule has 0 aliphatic rings. The van der Waals surface area contributed by atoms with Crippen molar-refractivity contribution in [2.45, 2.75) is 20.1 Å². The number of hydrogen-bond donors (Lipinski definition) is 2. The lowest BCUT2D eigenvalue weighted by molar-refractivity contribution is 0.269. The highest BCUT2D eigenvalue weighted by molar-refractivity contribution is 7.71. The zero-order valence-electron chi connectivity index (χ0n) is 18.0. The van der Waals surface area contributed by atoms with Gasteiger partial charge in [-0.3, -0.25) is 4.98 Å². The molecule has 0 amide bonds. The number of nitrogens with zero attached hydrogens (tertiary/aromatic N) is 3. The predicted molar refractivity (Wildman–Crippen MR) is 137 cm³/mol. The van der Waals surface area contributed by atoms with E-state index in [1.54, 1.807) is 35.3 Å². The van der Waals surface area contributed by atoms with Crippen LogP contribution in [0.15, 0.2) is 54.9 Å². The second-order valence-corrected chi connectivity index (χ2v) is 8.73. The molecule has 2 N–H and O–H groups in total. The minimum absolute atomic E-state index is 0.282. The van der Waals surface area contributed by atoms with E-state index < -0.39 is 0 Å². The van der Waals surface area contributed by atoms with Gasteiger partial charge in [-0.15, -0.1) is 0 Å². The van der Waals surface area contributed by atoms with Crippen LogP contribution < -0.4 is 14.9 Å². The molecule has 0 unspecified atom stereocenters. The van der Waals surface area contributed by atoms with Gasteiger partial charge in [0, 0.05) is 29.0 Å². The largest absolute Gasteiger partial charge is 0.490 e. The first-order valence-electron chi connectivity index (χ1n) is 10.3. The monoisotopic (exact) mass is 535 g/mol. The molecular formula is C23H20Cl3N5O2S. The normalized spacial score (nSPS) is 10.8. The summed E-state index contributed by atoms with van der Waals surface area (Å²) in [5, 5.41) is 8.59. The van der Waals surface area contributed by atoms with Crippen LogP contribution in [0.2, 0.25) is 15.1 Å². The number of rotatable bonds is 9. The maximum absolute atomic E-state index is 6.58. The van der Waals surface area contributed by atoms with Gasteiger partial charge in [0.05, 0.1) is 23.2 Å². The molecule has 11 heteroatoms. The molecule has 0 atom stereocenters. The van der Waals surface area contributed by atoms with Crippen molar-refractivity contribution in [3.63, 3.8) is 0 Å². The van der Waals surface area contributed by atoms with Crippen LogP contribution in [0.25, 0.3) is 11.4 Å². The summed E-state index contributed by atoms with van der Waals surface area (Å²) in [6.07, 6.45) is 3.39. The fourth-order valence-electron chi connectivity index (χ4n) is 3.19. The van der Waals surface area contributed by atoms with E-state index in [2.05, 4.69) is 20.6 Å². The SMILES string of the molecule is CCOc1cc(CNn2c(-c3ccncc3)n[nH]c2=S)c(Cl)cc1OCc1ccc(Cl)c(Cl)c1. The molecule has 0 fully saturated rings. The van der Waals surface area contributed by atoms with Gasteiger partial charge >= 0.3 is 0 Å². The van der Waals surface area contributed by atoms with Crippen molar-refractivity contribution in [1.29, 1.82) is 0 Å². The first-order chi connectivity index (χ1) is 16.5. The quantitative estimate of drug-likeness (QED) is 0.232. The summed E-state index contributed by atoms with van der Waals surface area (Å²) in [6, 6.07) is 12.6. The van der Waals surface area contributed by atoms with Gasteiger partial charge in [-0.25, -0.2) is 9.77 Å². The van der Waals surface area contributed by atoms with Crippen molar-refractivity contribution < 1.29 is 9.47 Å². The van der Waals surface area contributed by atoms with Gasteiger partial charge in [-0.1, -0.05) is 40.9 Å². The lowest BCUT2D eigenvalue weighted by atomic mass is 10.2. The average Bonchev–Trinajstić information content (AvgIpc) is 3.21. The van der Waals surface area contributed by atoms with Crippen LogP contribution in [0.5, 0.6) is 11.5 Å². The van der Waals surface area contributed by atoms with Gasteiger partial charge in [0.15, 0.2) is 17.3 Å². The summed E-state index contributed by atoms with van der Waals surface area (Å²) in [7, 11) is 0. The summed E-state index contributed by atoms with van der Waals surface area (Å²) in [5.41, 5.74) is 5.80. The third-order valence-electron chi connectivity index (χ3n) is 4.83. The Hall–Kier alpha value is -2.78. The highest BCUT2D eigenvalue weighted by Gasteiger charge is 2.14. The molecule has 0 radical (unpaired) electrons. The number of halogens is 3. The Kier molecular flexibility index (Phi) is 7.95. The number of pyridine rings is 1. The van der Waals surface area contributed by atoms with Crippen LogP contribution in [-0.2, 0) is 13.2 Å². The minimum atomic E-state index is 0.282. The average molecular weight is 537 g/mol. The zero-order chi connectivity index (χ0) is 24.1. The van der Waals surface area contributed by atoms with Crippen molar-refractivity contribution in [3.05, 3.63) is 85.8 Å². The molecule has 2 aromatic carbocycles. The van der Waals surface area contributed by atoms with E-state index in [0.29, 0.717) is 50.3 Å². The number of nitrogens with one attached hydrogen (secondary N) is 2. The number of benzene rings is 2. The van der Waals surface area contributed by atoms with Crippen LogP contribution in [0.4, 0.5) is 0 Å². The van der Waals surface area contributed by atoms with E-state index in [9.17, 15) is 0 Å². The molecule has 34 heavy (non-hydrogen) atoms. The van der Waals surface area contributed by atoms with Crippen molar-refractivity contribution in [3.8, 4) is 22.9 Å². The van der Waals surface area contributed by atoms with Crippen molar-refractivity contribution in [2.24, 2.45) is 0 Å². The van der Waals surface area contributed by atoms with Crippen LogP contribution in [0, 0.1) is 4.77 Å². The van der Waals surface area contributed by atoms with Gasteiger partial charge < -0.3 is 14.9 Å². The van der Waals surface area contributed by atoms with Crippen LogP contribution in [-0.4, -0.2) is 26.5 Å². The molecule has 0 spiro atoms. The molecule has 176 valence electrons. The standard InChI is InChI=1S/C23H20Cl3N5O2S/c1-2-32-20-10-16(12-28-31-22(29-30-23(31)34)15-5-7-27-8-6-15)18(25)11-21(20)33-13-14-3-4-17(24)19(26)9-14/h3-11,28H,2,12-13H2,1H3,(H,30,34). The Labute approximate surface area is 216 Å². The Balaban J connectivity index is 1.53. The number of hydrogen-bond acceptors (Lipinski definition) is 6. The lowest BCUT2D eigenvalue weighted by Crippen LogP contribution is -2.16. The Bertz CT molecular complexity index is 1340. The molecule has 0 bridgehead atoms. The predicted octanol–water partition coefficient (Wildman–Crippen LogP) is 6.68. The van der Waals surface area contributed by atoms with E-state index in [0.717, 1.165) is 16.7 Å². The topological polar surface area (TPSA) is 77.0 Å². The molecule has 0 aliphatic carbocycles. The Morgan fingerprint density at radius 3 is 2.47 bits per heavy atom. The number of ether oxygens (including phenoxy) is 2. The van der Waals surface area contributed by atoms with Crippen LogP contribution >= 0.6 is 47.0 Å². The Morgan fingerprint density at radius 2 is 1.74 bits per heavy atom. The first-order valence-corrected chi connectivity index (χ1v) is 11.8. The summed E-state index contributed by atoms with van der Waals surface area (Å²) in [6.45, 7) is 3.03. The molecule has 0 aliphatic heterocycles. The molecule has 7 nitrogen and oxygen atoms in total. The van der Waals surface area contributed by atoms with Gasteiger partial charge in [0.1, 0.15) is 6.61 Å². The molecular weight excluding hydrogens is 517 g/mol. The minimum Gasteiger partial charge on any atom is -0.490 e. The van der Waals surface area contributed by atoms with Gasteiger partial charge in [-0.05, 0) is 60.6 Å². The van der Waals surface area contributed by atoms with E-state index in [1.807, 2.05) is 31.2 Å². The maximum atomic E-state index is 6.58. The highest BCUT2D eigenvalue weighted by atomic mass is 35.5. The third kappa shape index (κ3) is 5.64. The summed E-state index contributed by atoms with van der Waals surface area (Å²) < 4.78 is 13.9. The number of H-pyrrole nitrogens is 1. The fraction of sp³-hybridized carbons (Fsp3) is 0.174. The van der Waals surface area contributed by atoms with E-state index in [4.69, 9.17) is 56.5 Å². The second kappa shape index (κ2) is 11.1. The smallest absolute Gasteiger partial charge is 0.214 e. The number of aromatic nitrogens is 4. The molecule has 0 saturated carbocycles. The lowest BCUT2D eigenvalue weighted by Gasteiger charge is -2.16. The van der Waals surface area contributed by atoms with E-state index in [-0.39, 0.29) is 6.61 Å². The second-order valence-electron chi connectivity index (χ2n) is 7.12. The van der Waals surface area contributed by atoms with Crippen LogP contribution in [0.1, 0.15) is 18.1 Å². The van der Waals surface area contributed by atoms with E-state index >= 15 is 0 Å². The van der Waals surface area contributed by atoms with Crippen molar-refractivity contribution in [1.82, 2.24) is 19.9 Å². The van der Waals surface area contributed by atoms with E-state index in [1.165, 1.54) is 0 Å². The third-order valence-corrected chi connectivity index (χ3v) is 6.19. The molecule has 2 aromatic heterocycles. The Morgan fingerprint density at radius 1 is 0.971 bits per heavy atom. The summed E-state index contributed by atoms with van der Waals surface area (Å²) in [5.74, 6) is 1.74. The maximum Gasteiger partial charge on any atom is 0.214 e. The number of aromatic amines is 1. The molecule has 2 heterocycles. The highest BCUT2D eigenvalue weighted by Crippen LogP contribution is 2.35. The van der Waals surface area contributed by atoms with Crippen molar-refractivity contribution >= 4 is 47.0 Å². The zero-order valence-corrected chi connectivity index (χ0v) is 21.1. The fourth-order valence-corrected chi connectivity index (χ4v) is 3.92. The summed E-state index contributed by atoms with van der Waals surface area (Å²) >= 11 is 24.1. The summed E-state index contributed by atoms with van der Waals surface area (Å²) in [4.78, 5) is 4.04. The van der Waals surface area contributed by atoms with Gasteiger partial charge in [0.2, 0.25) is 4.77 Å².